The molecular weight excluding hydrogens is 392 g/mol. The summed E-state index contributed by atoms with van der Waals surface area (Å²) in [4.78, 5) is 0. The molecule has 1 saturated heterocycles. The molecule has 1 aliphatic heterocycles. The summed E-state index contributed by atoms with van der Waals surface area (Å²) in [7, 11) is 1.91. The highest BCUT2D eigenvalue weighted by atomic mass is 16.6. The van der Waals surface area contributed by atoms with Gasteiger partial charge in [0.2, 0.25) is 0 Å². The Balaban J connectivity index is 1.34. The highest BCUT2D eigenvalue weighted by molar-refractivity contribution is 5.48. The molecule has 32 heavy (non-hydrogen) atoms. The summed E-state index contributed by atoms with van der Waals surface area (Å²) in [6.07, 6.45) is 17.6. The molecule has 0 aromatic carbocycles. The van der Waals surface area contributed by atoms with E-state index in [1.807, 2.05) is 7.11 Å². The van der Waals surface area contributed by atoms with E-state index in [1.54, 1.807) is 5.57 Å². The predicted molar refractivity (Wildman–Crippen MR) is 133 cm³/mol. The maximum absolute atomic E-state index is 7.10. The molecule has 1 heterocycles. The second kappa shape index (κ2) is 7.84. The average Bonchev–Trinajstić information content (AvgIpc) is 3.35. The third-order valence-corrected chi connectivity index (χ3v) is 12.1. The van der Waals surface area contributed by atoms with Gasteiger partial charge in [0.05, 0.1) is 6.10 Å². The van der Waals surface area contributed by atoms with Gasteiger partial charge in [0.1, 0.15) is 11.2 Å². The Morgan fingerprint density at radius 1 is 1.06 bits per heavy atom. The topological polar surface area (TPSA) is 21.8 Å². The summed E-state index contributed by atoms with van der Waals surface area (Å²) < 4.78 is 12.9. The number of hydrogen-bond donors (Lipinski definition) is 0. The molecule has 3 unspecified atom stereocenters. The molecule has 5 rings (SSSR count). The largest absolute Gasteiger partial charge is 0.381 e. The number of ether oxygens (including phenoxy) is 2. The molecule has 182 valence electrons. The molecule has 4 aliphatic carbocycles. The van der Waals surface area contributed by atoms with Gasteiger partial charge in [-0.25, -0.2) is 0 Å². The van der Waals surface area contributed by atoms with Crippen LogP contribution in [-0.2, 0) is 9.47 Å². The minimum atomic E-state index is 0.0868. The highest BCUT2D eigenvalue weighted by Crippen LogP contribution is 2.80. The number of epoxide rings is 1. The van der Waals surface area contributed by atoms with Crippen molar-refractivity contribution in [2.24, 2.45) is 40.4 Å². The fraction of sp³-hybridized carbons (Fsp3) is 0.933. The number of fused-ring (bicyclic) bond motifs is 2. The fourth-order valence-electron chi connectivity index (χ4n) is 9.84. The molecule has 0 N–H and O–H groups in total. The zero-order valence-corrected chi connectivity index (χ0v) is 22.1. The van der Waals surface area contributed by atoms with E-state index in [0.717, 1.165) is 29.6 Å². The molecule has 9 atom stereocenters. The van der Waals surface area contributed by atoms with Gasteiger partial charge in [0, 0.05) is 12.5 Å². The van der Waals surface area contributed by atoms with Crippen LogP contribution in [0.15, 0.2) is 11.6 Å². The molecule has 3 saturated carbocycles. The summed E-state index contributed by atoms with van der Waals surface area (Å²) in [5, 5.41) is 0. The normalized spacial score (nSPS) is 48.9. The van der Waals surface area contributed by atoms with Gasteiger partial charge in [0.15, 0.2) is 0 Å². The van der Waals surface area contributed by atoms with Gasteiger partial charge in [-0.1, -0.05) is 60.5 Å². The van der Waals surface area contributed by atoms with Gasteiger partial charge in [-0.3, -0.25) is 0 Å². The maximum atomic E-state index is 7.10. The molecule has 0 radical (unpaired) electrons. The van der Waals surface area contributed by atoms with Gasteiger partial charge >= 0.3 is 0 Å². The van der Waals surface area contributed by atoms with Crippen molar-refractivity contribution in [3.8, 4) is 0 Å². The van der Waals surface area contributed by atoms with Crippen LogP contribution in [0.25, 0.3) is 0 Å². The molecule has 2 nitrogen and oxygen atoms in total. The molecule has 0 amide bonds. The highest BCUT2D eigenvalue weighted by Gasteiger charge is 2.84. The van der Waals surface area contributed by atoms with Crippen molar-refractivity contribution in [1.82, 2.24) is 0 Å². The first-order valence-electron chi connectivity index (χ1n) is 14.1. The van der Waals surface area contributed by atoms with Crippen LogP contribution in [0.3, 0.4) is 0 Å². The lowest BCUT2D eigenvalue weighted by atomic mass is 9.45. The van der Waals surface area contributed by atoms with Crippen molar-refractivity contribution in [3.63, 3.8) is 0 Å². The third-order valence-electron chi connectivity index (χ3n) is 12.1. The van der Waals surface area contributed by atoms with E-state index in [4.69, 9.17) is 9.47 Å². The van der Waals surface area contributed by atoms with Gasteiger partial charge in [-0.2, -0.15) is 0 Å². The second-order valence-electron chi connectivity index (χ2n) is 13.4. The van der Waals surface area contributed by atoms with Crippen LogP contribution in [0.4, 0.5) is 0 Å². The molecule has 0 bridgehead atoms. The van der Waals surface area contributed by atoms with Crippen LogP contribution in [0.1, 0.15) is 112 Å². The summed E-state index contributed by atoms with van der Waals surface area (Å²) >= 11 is 0. The molecular formula is C30H50O2. The van der Waals surface area contributed by atoms with Crippen LogP contribution in [0.2, 0.25) is 0 Å². The Hall–Kier alpha value is -0.340. The molecule has 2 heteroatoms. The van der Waals surface area contributed by atoms with Crippen molar-refractivity contribution in [2.45, 2.75) is 129 Å². The minimum absolute atomic E-state index is 0.0868. The first kappa shape index (κ1) is 23.4. The molecule has 5 aliphatic rings. The van der Waals surface area contributed by atoms with Crippen molar-refractivity contribution in [2.75, 3.05) is 7.11 Å². The van der Waals surface area contributed by atoms with Crippen LogP contribution < -0.4 is 0 Å². The minimum Gasteiger partial charge on any atom is -0.381 e. The fourth-order valence-corrected chi connectivity index (χ4v) is 9.84. The SMILES string of the molecule is CC[C@@H](CCC(C)C1CC=C2[C@]1(C)CC[C@@]13O[C@@]21CCC1C[C@@H](OC)CC[C@@]13C)C(C)C. The molecule has 0 spiro atoms. The standard InChI is InChI=1S/C30H50O2/c1-8-22(20(2)3)10-9-21(4)25-11-12-26-27(25,5)17-18-30-28(6)15-14-24(31-7)19-23(28)13-16-29(26,30)32-30/h12,20-25H,8-11,13-19H2,1-7H3/t21?,22-,23?,24-,25?,27+,28-,29-,30-/m0/s1. The average molecular weight is 443 g/mol. The summed E-state index contributed by atoms with van der Waals surface area (Å²) in [5.41, 5.74) is 2.68. The van der Waals surface area contributed by atoms with Crippen molar-refractivity contribution in [3.05, 3.63) is 11.6 Å². The molecule has 0 aromatic heterocycles. The summed E-state index contributed by atoms with van der Waals surface area (Å²) in [6.45, 7) is 15.0. The van der Waals surface area contributed by atoms with Crippen LogP contribution in [0, 0.1) is 40.4 Å². The van der Waals surface area contributed by atoms with E-state index in [2.05, 4.69) is 47.6 Å². The maximum Gasteiger partial charge on any atom is 0.120 e. The Morgan fingerprint density at radius 2 is 1.84 bits per heavy atom. The zero-order valence-electron chi connectivity index (χ0n) is 22.1. The van der Waals surface area contributed by atoms with Crippen LogP contribution >= 0.6 is 0 Å². The summed E-state index contributed by atoms with van der Waals surface area (Å²) in [5.74, 6) is 4.11. The van der Waals surface area contributed by atoms with Crippen molar-refractivity contribution < 1.29 is 9.47 Å². The van der Waals surface area contributed by atoms with Gasteiger partial charge in [-0.15, -0.1) is 0 Å². The Labute approximate surface area is 198 Å². The van der Waals surface area contributed by atoms with E-state index in [1.165, 1.54) is 70.6 Å². The number of methoxy groups -OCH3 is 1. The van der Waals surface area contributed by atoms with E-state index < -0.39 is 0 Å². The van der Waals surface area contributed by atoms with E-state index in [9.17, 15) is 0 Å². The van der Waals surface area contributed by atoms with Crippen LogP contribution in [-0.4, -0.2) is 24.4 Å². The first-order valence-corrected chi connectivity index (χ1v) is 14.1. The Bertz CT molecular complexity index is 756. The quantitative estimate of drug-likeness (QED) is 0.295. The first-order chi connectivity index (χ1) is 15.2. The predicted octanol–water partition coefficient (Wildman–Crippen LogP) is 7.95. The van der Waals surface area contributed by atoms with Crippen molar-refractivity contribution in [1.29, 1.82) is 0 Å². The van der Waals surface area contributed by atoms with Crippen LogP contribution in [0.5, 0.6) is 0 Å². The zero-order chi connectivity index (χ0) is 22.9. The Kier molecular flexibility index (Phi) is 5.73. The number of allylic oxidation sites excluding steroid dienone is 1. The van der Waals surface area contributed by atoms with Gasteiger partial charge in [0.25, 0.3) is 0 Å². The van der Waals surface area contributed by atoms with Gasteiger partial charge < -0.3 is 9.47 Å². The van der Waals surface area contributed by atoms with Gasteiger partial charge in [-0.05, 0) is 98.4 Å². The molecule has 0 aromatic rings. The van der Waals surface area contributed by atoms with E-state index >= 15 is 0 Å². The van der Waals surface area contributed by atoms with E-state index in [0.29, 0.717) is 16.9 Å². The smallest absolute Gasteiger partial charge is 0.120 e. The van der Waals surface area contributed by atoms with Crippen molar-refractivity contribution >= 4 is 0 Å². The lowest BCUT2D eigenvalue weighted by molar-refractivity contribution is -0.0680. The Morgan fingerprint density at radius 3 is 2.53 bits per heavy atom. The lowest BCUT2D eigenvalue weighted by Crippen LogP contribution is -2.58. The third kappa shape index (κ3) is 2.96. The summed E-state index contributed by atoms with van der Waals surface area (Å²) in [6, 6.07) is 0. The second-order valence-corrected chi connectivity index (χ2v) is 13.4. The lowest BCUT2D eigenvalue weighted by Gasteiger charge is -2.56. The monoisotopic (exact) mass is 442 g/mol. The van der Waals surface area contributed by atoms with E-state index in [-0.39, 0.29) is 11.2 Å². The number of rotatable bonds is 7. The number of hydrogen-bond acceptors (Lipinski definition) is 2. The molecule has 4 fully saturated rings.